The molecule has 1 amide bonds. The molecule has 0 saturated carbocycles. The molecule has 0 aliphatic carbocycles. The number of hydrogen-bond donors (Lipinski definition) is 2. The second-order valence-corrected chi connectivity index (χ2v) is 7.85. The Bertz CT molecular complexity index is 1440. The lowest BCUT2D eigenvalue weighted by Gasteiger charge is -2.22. The number of pyridine rings is 1. The molecule has 194 valence electrons. The van der Waals surface area contributed by atoms with E-state index in [0.717, 1.165) is 16.6 Å². The van der Waals surface area contributed by atoms with Gasteiger partial charge in [-0.2, -0.15) is 0 Å². The summed E-state index contributed by atoms with van der Waals surface area (Å²) in [5, 5.41) is 7.38. The average molecular weight is 508 g/mol. The Balaban J connectivity index is 1.97. The Hall–Kier alpha value is -4.60. The molecule has 0 aliphatic rings. The standard InChI is InChI=1S/C27H29N3O7/c1-28-27(31)37-14-15-10-12-16(13-11-15)29-21-17-8-7-9-18(32-2)20(17)30-22-19(21)23(33-3)25(35-5)26(36-6)24(22)34-4/h7-13H,14H2,1-6H3,(H,28,31)(H,29,30). The van der Waals surface area contributed by atoms with Gasteiger partial charge in [0.1, 0.15) is 23.4 Å². The highest BCUT2D eigenvalue weighted by atomic mass is 16.6. The molecule has 1 aromatic heterocycles. The predicted molar refractivity (Wildman–Crippen MR) is 141 cm³/mol. The van der Waals surface area contributed by atoms with E-state index in [1.54, 1.807) is 21.3 Å². The topological polar surface area (TPSA) is 109 Å². The van der Waals surface area contributed by atoms with E-state index in [1.165, 1.54) is 21.3 Å². The number of alkyl carbamates (subject to hydrolysis) is 1. The summed E-state index contributed by atoms with van der Waals surface area (Å²) in [6.07, 6.45) is -0.490. The lowest BCUT2D eigenvalue weighted by molar-refractivity contribution is 0.142. The Labute approximate surface area is 214 Å². The molecule has 37 heavy (non-hydrogen) atoms. The van der Waals surface area contributed by atoms with Crippen LogP contribution in [0.25, 0.3) is 21.8 Å². The summed E-state index contributed by atoms with van der Waals surface area (Å²) in [4.78, 5) is 16.3. The monoisotopic (exact) mass is 507 g/mol. The van der Waals surface area contributed by atoms with Crippen molar-refractivity contribution in [2.24, 2.45) is 0 Å². The fourth-order valence-electron chi connectivity index (χ4n) is 4.17. The molecular weight excluding hydrogens is 478 g/mol. The number of ether oxygens (including phenoxy) is 6. The van der Waals surface area contributed by atoms with E-state index in [9.17, 15) is 4.79 Å². The van der Waals surface area contributed by atoms with E-state index in [4.69, 9.17) is 33.4 Å². The van der Waals surface area contributed by atoms with Gasteiger partial charge in [0.2, 0.25) is 11.5 Å². The maximum atomic E-state index is 11.4. The summed E-state index contributed by atoms with van der Waals surface area (Å²) in [5.74, 6) is 2.17. The molecule has 2 N–H and O–H groups in total. The molecule has 0 saturated heterocycles. The number of para-hydroxylation sites is 1. The van der Waals surface area contributed by atoms with Gasteiger partial charge in [-0.25, -0.2) is 9.78 Å². The number of rotatable bonds is 9. The van der Waals surface area contributed by atoms with Crippen LogP contribution in [0.3, 0.4) is 0 Å². The van der Waals surface area contributed by atoms with Crippen LogP contribution in [0.2, 0.25) is 0 Å². The second kappa shape index (κ2) is 11.0. The molecule has 0 spiro atoms. The van der Waals surface area contributed by atoms with Crippen molar-refractivity contribution in [2.45, 2.75) is 6.61 Å². The van der Waals surface area contributed by atoms with Gasteiger partial charge >= 0.3 is 6.09 Å². The van der Waals surface area contributed by atoms with Crippen LogP contribution in [-0.4, -0.2) is 53.7 Å². The Morgan fingerprint density at radius 3 is 2.03 bits per heavy atom. The van der Waals surface area contributed by atoms with Crippen LogP contribution < -0.4 is 34.3 Å². The molecule has 10 heteroatoms. The van der Waals surface area contributed by atoms with Crippen LogP contribution >= 0.6 is 0 Å². The summed E-state index contributed by atoms with van der Waals surface area (Å²) in [6.45, 7) is 0.153. The van der Waals surface area contributed by atoms with Crippen LogP contribution in [0.4, 0.5) is 16.2 Å². The summed E-state index contributed by atoms with van der Waals surface area (Å²) < 4.78 is 33.7. The van der Waals surface area contributed by atoms with Crippen LogP contribution in [0.15, 0.2) is 42.5 Å². The number of fused-ring (bicyclic) bond motifs is 2. The van der Waals surface area contributed by atoms with Crippen molar-refractivity contribution in [3.05, 3.63) is 48.0 Å². The zero-order valence-corrected chi connectivity index (χ0v) is 21.6. The van der Waals surface area contributed by atoms with Crippen molar-refractivity contribution in [3.63, 3.8) is 0 Å². The zero-order valence-electron chi connectivity index (χ0n) is 21.6. The Morgan fingerprint density at radius 2 is 1.43 bits per heavy atom. The first kappa shape index (κ1) is 25.5. The van der Waals surface area contributed by atoms with Crippen molar-refractivity contribution >= 4 is 39.3 Å². The van der Waals surface area contributed by atoms with E-state index >= 15 is 0 Å². The number of nitrogens with zero attached hydrogens (tertiary/aromatic N) is 1. The molecule has 0 atom stereocenters. The SMILES string of the molecule is CNC(=O)OCc1ccc(Nc2c3cccc(OC)c3nc3c(OC)c(OC)c(OC)c(OC)c23)cc1. The van der Waals surface area contributed by atoms with E-state index in [1.807, 2.05) is 42.5 Å². The van der Waals surface area contributed by atoms with Crippen LogP contribution in [-0.2, 0) is 11.3 Å². The summed E-state index contributed by atoms with van der Waals surface area (Å²) >= 11 is 0. The number of anilines is 2. The Morgan fingerprint density at radius 1 is 0.784 bits per heavy atom. The third-order valence-electron chi connectivity index (χ3n) is 5.87. The normalized spacial score (nSPS) is 10.6. The maximum Gasteiger partial charge on any atom is 0.407 e. The zero-order chi connectivity index (χ0) is 26.5. The smallest absolute Gasteiger partial charge is 0.407 e. The Kier molecular flexibility index (Phi) is 7.57. The van der Waals surface area contributed by atoms with E-state index in [0.29, 0.717) is 50.9 Å². The van der Waals surface area contributed by atoms with Gasteiger partial charge in [-0.15, -0.1) is 0 Å². The summed E-state index contributed by atoms with van der Waals surface area (Å²) in [5.41, 5.74) is 3.47. The first-order valence-electron chi connectivity index (χ1n) is 11.4. The number of methoxy groups -OCH3 is 5. The molecule has 1 heterocycles. The number of hydrogen-bond acceptors (Lipinski definition) is 9. The first-order valence-corrected chi connectivity index (χ1v) is 11.4. The fourth-order valence-corrected chi connectivity index (χ4v) is 4.17. The third kappa shape index (κ3) is 4.65. The van der Waals surface area contributed by atoms with E-state index in [2.05, 4.69) is 10.6 Å². The van der Waals surface area contributed by atoms with Crippen LogP contribution in [0.1, 0.15) is 5.56 Å². The van der Waals surface area contributed by atoms with Gasteiger partial charge in [0.25, 0.3) is 0 Å². The first-order chi connectivity index (χ1) is 18.0. The lowest BCUT2D eigenvalue weighted by Crippen LogP contribution is -2.18. The largest absolute Gasteiger partial charge is 0.494 e. The summed E-state index contributed by atoms with van der Waals surface area (Å²) in [7, 11) is 9.28. The van der Waals surface area contributed by atoms with Gasteiger partial charge in [-0.1, -0.05) is 24.3 Å². The molecule has 0 bridgehead atoms. The summed E-state index contributed by atoms with van der Waals surface area (Å²) in [6, 6.07) is 13.2. The molecular formula is C27H29N3O7. The average Bonchev–Trinajstić information content (AvgIpc) is 2.94. The number of amides is 1. The van der Waals surface area contributed by atoms with Crippen molar-refractivity contribution in [1.29, 1.82) is 0 Å². The van der Waals surface area contributed by atoms with Gasteiger partial charge in [0, 0.05) is 18.1 Å². The molecule has 0 unspecified atom stereocenters. The third-order valence-corrected chi connectivity index (χ3v) is 5.87. The van der Waals surface area contributed by atoms with Gasteiger partial charge in [-0.3, -0.25) is 0 Å². The number of benzene rings is 3. The quantitative estimate of drug-likeness (QED) is 0.301. The predicted octanol–water partition coefficient (Wildman–Crippen LogP) is 5.03. The number of carbonyl (C=O) groups excluding carboxylic acids is 1. The number of carbonyl (C=O) groups is 1. The molecule has 0 radical (unpaired) electrons. The lowest BCUT2D eigenvalue weighted by atomic mass is 10.0. The van der Waals surface area contributed by atoms with Crippen LogP contribution in [0.5, 0.6) is 28.7 Å². The van der Waals surface area contributed by atoms with E-state index in [-0.39, 0.29) is 6.61 Å². The highest BCUT2D eigenvalue weighted by Crippen LogP contribution is 2.54. The van der Waals surface area contributed by atoms with Gasteiger partial charge in [0.05, 0.1) is 46.6 Å². The highest BCUT2D eigenvalue weighted by Gasteiger charge is 2.28. The fraction of sp³-hybridized carbons (Fsp3) is 0.259. The van der Waals surface area contributed by atoms with Gasteiger partial charge < -0.3 is 39.1 Å². The molecule has 0 fully saturated rings. The molecule has 4 aromatic rings. The van der Waals surface area contributed by atoms with E-state index < -0.39 is 6.09 Å². The van der Waals surface area contributed by atoms with Crippen molar-refractivity contribution in [2.75, 3.05) is 47.9 Å². The highest BCUT2D eigenvalue weighted by molar-refractivity contribution is 6.15. The van der Waals surface area contributed by atoms with Crippen molar-refractivity contribution < 1.29 is 33.2 Å². The van der Waals surface area contributed by atoms with Gasteiger partial charge in [0.15, 0.2) is 11.5 Å². The molecule has 0 aliphatic heterocycles. The number of nitrogens with one attached hydrogen (secondary N) is 2. The minimum Gasteiger partial charge on any atom is -0.494 e. The molecule has 10 nitrogen and oxygen atoms in total. The van der Waals surface area contributed by atoms with Crippen molar-refractivity contribution in [1.82, 2.24) is 10.3 Å². The molecule has 4 rings (SSSR count). The molecule has 3 aromatic carbocycles. The minimum atomic E-state index is -0.490. The van der Waals surface area contributed by atoms with Crippen LogP contribution in [0, 0.1) is 0 Å². The second-order valence-electron chi connectivity index (χ2n) is 7.85. The number of aromatic nitrogens is 1. The van der Waals surface area contributed by atoms with Crippen molar-refractivity contribution in [3.8, 4) is 28.7 Å². The van der Waals surface area contributed by atoms with Gasteiger partial charge in [-0.05, 0) is 23.8 Å². The maximum absolute atomic E-state index is 11.4. The minimum absolute atomic E-state index is 0.153.